The second-order valence-corrected chi connectivity index (χ2v) is 9.24. The van der Waals surface area contributed by atoms with Crippen molar-refractivity contribution < 1.29 is 21.6 Å². The summed E-state index contributed by atoms with van der Waals surface area (Å²) in [6.45, 7) is 0.348. The maximum atomic E-state index is 13.3. The molecule has 2 aromatic rings. The van der Waals surface area contributed by atoms with E-state index in [9.17, 15) is 21.6 Å². The Labute approximate surface area is 167 Å². The Bertz CT molecular complexity index is 957. The van der Waals surface area contributed by atoms with Gasteiger partial charge in [-0.2, -0.15) is 17.5 Å². The molecule has 1 aliphatic heterocycles. The maximum Gasteiger partial charge on any atom is 0.417 e. The van der Waals surface area contributed by atoms with Gasteiger partial charge < -0.3 is 4.90 Å². The molecule has 0 N–H and O–H groups in total. The van der Waals surface area contributed by atoms with Gasteiger partial charge in [0, 0.05) is 31.4 Å². The van der Waals surface area contributed by atoms with Gasteiger partial charge in [-0.15, -0.1) is 0 Å². The molecule has 2 heterocycles. The molecule has 1 saturated carbocycles. The maximum absolute atomic E-state index is 13.3. The fourth-order valence-electron chi connectivity index (χ4n) is 3.89. The average molecular weight is 426 g/mol. The minimum absolute atomic E-state index is 0.0988. The SMILES string of the molecule is O=S(=O)(c1ccccc1C(F)(F)F)N1CCC(N(c2ccncn2)C2CC2)CC1. The van der Waals surface area contributed by atoms with Gasteiger partial charge in [0.15, 0.2) is 0 Å². The number of sulfonamides is 1. The number of hydrogen-bond donors (Lipinski definition) is 0. The second kappa shape index (κ2) is 7.56. The van der Waals surface area contributed by atoms with Gasteiger partial charge >= 0.3 is 6.18 Å². The number of hydrogen-bond acceptors (Lipinski definition) is 5. The first-order valence-corrected chi connectivity index (χ1v) is 10.9. The fraction of sp³-hybridized carbons (Fsp3) is 0.474. The lowest BCUT2D eigenvalue weighted by atomic mass is 10.0. The highest BCUT2D eigenvalue weighted by Crippen LogP contribution is 2.38. The lowest BCUT2D eigenvalue weighted by Gasteiger charge is -2.39. The molecule has 156 valence electrons. The van der Waals surface area contributed by atoms with Gasteiger partial charge in [-0.05, 0) is 43.9 Å². The zero-order valence-electron chi connectivity index (χ0n) is 15.6. The van der Waals surface area contributed by atoms with Gasteiger partial charge in [0.05, 0.1) is 10.5 Å². The Morgan fingerprint density at radius 1 is 1.00 bits per heavy atom. The summed E-state index contributed by atoms with van der Waals surface area (Å²) < 4.78 is 66.9. The molecule has 10 heteroatoms. The third-order valence-corrected chi connectivity index (χ3v) is 7.36. The number of rotatable bonds is 5. The monoisotopic (exact) mass is 426 g/mol. The first kappa shape index (κ1) is 20.1. The van der Waals surface area contributed by atoms with Crippen LogP contribution in [0.2, 0.25) is 0 Å². The van der Waals surface area contributed by atoms with Gasteiger partial charge in [-0.3, -0.25) is 0 Å². The predicted molar refractivity (Wildman–Crippen MR) is 101 cm³/mol. The van der Waals surface area contributed by atoms with Crippen LogP contribution in [0.1, 0.15) is 31.2 Å². The van der Waals surface area contributed by atoms with Crippen molar-refractivity contribution in [1.82, 2.24) is 14.3 Å². The van der Waals surface area contributed by atoms with E-state index in [0.29, 0.717) is 18.9 Å². The van der Waals surface area contributed by atoms with Crippen molar-refractivity contribution in [2.75, 3.05) is 18.0 Å². The zero-order valence-corrected chi connectivity index (χ0v) is 16.4. The van der Waals surface area contributed by atoms with Crippen LogP contribution in [-0.2, 0) is 16.2 Å². The number of nitrogens with zero attached hydrogens (tertiary/aromatic N) is 4. The van der Waals surface area contributed by atoms with Crippen molar-refractivity contribution in [1.29, 1.82) is 0 Å². The largest absolute Gasteiger partial charge is 0.417 e. The molecular formula is C19H21F3N4O2S. The van der Waals surface area contributed by atoms with Crippen molar-refractivity contribution in [3.8, 4) is 0 Å². The lowest BCUT2D eigenvalue weighted by Crippen LogP contribution is -2.48. The minimum atomic E-state index is -4.72. The van der Waals surface area contributed by atoms with Crippen LogP contribution < -0.4 is 4.90 Å². The molecule has 1 saturated heterocycles. The standard InChI is InChI=1S/C19H21F3N4O2S/c20-19(21,22)16-3-1-2-4-17(16)29(27,28)25-11-8-15(9-12-25)26(14-5-6-14)18-7-10-23-13-24-18/h1-4,7,10,13-15H,5-6,8-9,11-12H2. The summed E-state index contributed by atoms with van der Waals surface area (Å²) in [5.41, 5.74) is -1.12. The average Bonchev–Trinajstić information content (AvgIpc) is 3.54. The van der Waals surface area contributed by atoms with Gasteiger partial charge in [-0.1, -0.05) is 12.1 Å². The van der Waals surface area contributed by atoms with E-state index in [-0.39, 0.29) is 19.1 Å². The molecule has 0 amide bonds. The van der Waals surface area contributed by atoms with E-state index >= 15 is 0 Å². The number of alkyl halides is 3. The molecule has 0 unspecified atom stereocenters. The van der Waals surface area contributed by atoms with Crippen LogP contribution in [0.4, 0.5) is 19.0 Å². The number of aromatic nitrogens is 2. The third-order valence-electron chi connectivity index (χ3n) is 5.40. The molecule has 0 spiro atoms. The lowest BCUT2D eigenvalue weighted by molar-refractivity contribution is -0.139. The number of halogens is 3. The van der Waals surface area contributed by atoms with Crippen LogP contribution in [0.3, 0.4) is 0 Å². The molecular weight excluding hydrogens is 405 g/mol. The highest BCUT2D eigenvalue weighted by Gasteiger charge is 2.41. The van der Waals surface area contributed by atoms with E-state index in [1.807, 2.05) is 6.07 Å². The van der Waals surface area contributed by atoms with Gasteiger partial charge in [-0.25, -0.2) is 18.4 Å². The van der Waals surface area contributed by atoms with Crippen molar-refractivity contribution in [2.24, 2.45) is 0 Å². The van der Waals surface area contributed by atoms with E-state index in [0.717, 1.165) is 30.8 Å². The Balaban J connectivity index is 1.53. The molecule has 2 fully saturated rings. The molecule has 29 heavy (non-hydrogen) atoms. The summed E-state index contributed by atoms with van der Waals surface area (Å²) in [5, 5.41) is 0. The van der Waals surface area contributed by atoms with Gasteiger partial charge in [0.1, 0.15) is 12.1 Å². The van der Waals surface area contributed by atoms with Gasteiger partial charge in [0.25, 0.3) is 0 Å². The summed E-state index contributed by atoms with van der Waals surface area (Å²) in [5.74, 6) is 0.811. The number of anilines is 1. The fourth-order valence-corrected chi connectivity index (χ4v) is 5.57. The quantitative estimate of drug-likeness (QED) is 0.734. The van der Waals surface area contributed by atoms with E-state index in [1.165, 1.54) is 22.8 Å². The Morgan fingerprint density at radius 2 is 1.66 bits per heavy atom. The zero-order chi connectivity index (χ0) is 20.6. The van der Waals surface area contributed by atoms with E-state index in [1.54, 1.807) is 6.20 Å². The Morgan fingerprint density at radius 3 is 2.24 bits per heavy atom. The van der Waals surface area contributed by atoms with Crippen LogP contribution in [0.25, 0.3) is 0 Å². The minimum Gasteiger partial charge on any atom is -0.350 e. The second-order valence-electron chi connectivity index (χ2n) is 7.34. The topological polar surface area (TPSA) is 66.4 Å². The number of piperidine rings is 1. The van der Waals surface area contributed by atoms with E-state index in [4.69, 9.17) is 0 Å². The van der Waals surface area contributed by atoms with Crippen LogP contribution in [-0.4, -0.2) is 47.9 Å². The van der Waals surface area contributed by atoms with Crippen LogP contribution >= 0.6 is 0 Å². The van der Waals surface area contributed by atoms with E-state index < -0.39 is 26.7 Å². The third kappa shape index (κ3) is 4.09. The normalized spacial score (nSPS) is 19.3. The molecule has 1 aromatic heterocycles. The van der Waals surface area contributed by atoms with Crippen LogP contribution in [0, 0.1) is 0 Å². The van der Waals surface area contributed by atoms with Crippen molar-refractivity contribution in [3.05, 3.63) is 48.4 Å². The van der Waals surface area contributed by atoms with Crippen LogP contribution in [0.15, 0.2) is 47.8 Å². The summed E-state index contributed by atoms with van der Waals surface area (Å²) >= 11 is 0. The smallest absolute Gasteiger partial charge is 0.350 e. The summed E-state index contributed by atoms with van der Waals surface area (Å²) in [7, 11) is -4.23. The molecule has 2 aliphatic rings. The van der Waals surface area contributed by atoms with Gasteiger partial charge in [0.2, 0.25) is 10.0 Å². The molecule has 0 atom stereocenters. The summed E-state index contributed by atoms with van der Waals surface area (Å²) in [6.07, 6.45) is 1.62. The highest BCUT2D eigenvalue weighted by atomic mass is 32.2. The molecule has 1 aromatic carbocycles. The molecule has 6 nitrogen and oxygen atoms in total. The molecule has 1 aliphatic carbocycles. The highest BCUT2D eigenvalue weighted by molar-refractivity contribution is 7.89. The number of benzene rings is 1. The first-order valence-electron chi connectivity index (χ1n) is 9.49. The molecule has 0 bridgehead atoms. The van der Waals surface area contributed by atoms with Crippen molar-refractivity contribution in [2.45, 2.75) is 48.8 Å². The Kier molecular flexibility index (Phi) is 5.24. The summed E-state index contributed by atoms with van der Waals surface area (Å²) in [4.78, 5) is 9.81. The molecule has 0 radical (unpaired) electrons. The van der Waals surface area contributed by atoms with Crippen molar-refractivity contribution >= 4 is 15.8 Å². The first-order chi connectivity index (χ1) is 13.8. The Hall–Kier alpha value is -2.20. The van der Waals surface area contributed by atoms with E-state index in [2.05, 4.69) is 14.9 Å². The van der Waals surface area contributed by atoms with Crippen molar-refractivity contribution in [3.63, 3.8) is 0 Å². The predicted octanol–water partition coefficient (Wildman–Crippen LogP) is 3.32. The summed E-state index contributed by atoms with van der Waals surface area (Å²) in [6, 6.07) is 6.67. The molecule has 4 rings (SSSR count). The van der Waals surface area contributed by atoms with Crippen LogP contribution in [0.5, 0.6) is 0 Å².